The SMILES string of the molecule is Cc1csc(NC(C(=O)O)[C@H]2c3cc(C#N)ccc3OC(C)(C)[C@@H]2O)n1. The van der Waals surface area contributed by atoms with Crippen molar-refractivity contribution in [2.45, 2.75) is 44.4 Å². The Morgan fingerprint density at radius 3 is 2.81 bits per heavy atom. The van der Waals surface area contributed by atoms with Crippen LogP contribution in [-0.4, -0.2) is 38.9 Å². The van der Waals surface area contributed by atoms with Gasteiger partial charge in [-0.3, -0.25) is 0 Å². The van der Waals surface area contributed by atoms with Crippen molar-refractivity contribution in [1.29, 1.82) is 5.26 Å². The number of carbonyl (C=O) groups is 1. The van der Waals surface area contributed by atoms with Gasteiger partial charge in [-0.2, -0.15) is 5.26 Å². The van der Waals surface area contributed by atoms with Gasteiger partial charge in [0.25, 0.3) is 0 Å². The number of nitrogens with one attached hydrogen (secondary N) is 1. The van der Waals surface area contributed by atoms with Crippen molar-refractivity contribution in [3.05, 3.63) is 40.4 Å². The fourth-order valence-corrected chi connectivity index (χ4v) is 3.86. The summed E-state index contributed by atoms with van der Waals surface area (Å²) in [6.07, 6.45) is -1.10. The number of aliphatic hydroxyl groups is 1. The number of hydrogen-bond donors (Lipinski definition) is 3. The molecular weight excluding hydrogens is 354 g/mol. The molecule has 0 aliphatic carbocycles. The number of rotatable bonds is 4. The van der Waals surface area contributed by atoms with Crippen molar-refractivity contribution in [2.24, 2.45) is 0 Å². The molecule has 0 saturated carbocycles. The van der Waals surface area contributed by atoms with E-state index in [-0.39, 0.29) is 0 Å². The number of anilines is 1. The lowest BCUT2D eigenvalue weighted by Gasteiger charge is -2.44. The van der Waals surface area contributed by atoms with Crippen molar-refractivity contribution < 1.29 is 19.7 Å². The standard InChI is InChI=1S/C18H19N3O4S/c1-9-8-26-17(20-9)21-14(16(23)24)13-11-6-10(7-19)4-5-12(11)25-18(2,3)15(13)22/h4-6,8,13-15,22H,1-3H3,(H,20,21)(H,23,24)/t13-,14?,15-/m1/s1. The van der Waals surface area contributed by atoms with Crippen LogP contribution in [0.5, 0.6) is 5.75 Å². The Morgan fingerprint density at radius 1 is 1.50 bits per heavy atom. The molecule has 0 spiro atoms. The number of aliphatic hydroxyl groups excluding tert-OH is 1. The van der Waals surface area contributed by atoms with Crippen LogP contribution in [0.3, 0.4) is 0 Å². The number of benzene rings is 1. The maximum absolute atomic E-state index is 12.0. The predicted molar refractivity (Wildman–Crippen MR) is 96.5 cm³/mol. The van der Waals surface area contributed by atoms with E-state index in [1.165, 1.54) is 11.3 Å². The minimum Gasteiger partial charge on any atom is -0.485 e. The van der Waals surface area contributed by atoms with Gasteiger partial charge in [-0.15, -0.1) is 11.3 Å². The molecule has 1 aromatic carbocycles. The second kappa shape index (κ2) is 6.59. The van der Waals surface area contributed by atoms with Gasteiger partial charge in [0.1, 0.15) is 23.5 Å². The van der Waals surface area contributed by atoms with Gasteiger partial charge in [0.15, 0.2) is 5.13 Å². The topological polar surface area (TPSA) is 115 Å². The maximum atomic E-state index is 12.0. The largest absolute Gasteiger partial charge is 0.485 e. The molecule has 3 N–H and O–H groups in total. The van der Waals surface area contributed by atoms with Crippen LogP contribution in [0, 0.1) is 18.3 Å². The average molecular weight is 373 g/mol. The van der Waals surface area contributed by atoms with E-state index in [1.54, 1.807) is 32.0 Å². The normalized spacial score (nSPS) is 21.8. The molecule has 7 nitrogen and oxygen atoms in total. The summed E-state index contributed by atoms with van der Waals surface area (Å²) in [6, 6.07) is 5.73. The summed E-state index contributed by atoms with van der Waals surface area (Å²) in [4.78, 5) is 16.3. The minimum atomic E-state index is -1.13. The van der Waals surface area contributed by atoms with Crippen molar-refractivity contribution >= 4 is 22.4 Å². The van der Waals surface area contributed by atoms with Crippen LogP contribution in [0.1, 0.15) is 36.6 Å². The van der Waals surface area contributed by atoms with E-state index in [2.05, 4.69) is 10.3 Å². The third-order valence-corrected chi connectivity index (χ3v) is 5.34. The minimum absolute atomic E-state index is 0.374. The van der Waals surface area contributed by atoms with Crippen LogP contribution in [0.15, 0.2) is 23.6 Å². The second-order valence-electron chi connectivity index (χ2n) is 6.79. The number of thiazole rings is 1. The number of hydrogen-bond acceptors (Lipinski definition) is 7. The molecule has 8 heteroatoms. The first-order valence-electron chi connectivity index (χ1n) is 8.05. The first kappa shape index (κ1) is 18.2. The molecule has 3 atom stereocenters. The van der Waals surface area contributed by atoms with Crippen LogP contribution in [0.25, 0.3) is 0 Å². The van der Waals surface area contributed by atoms with Gasteiger partial charge < -0.3 is 20.3 Å². The van der Waals surface area contributed by atoms with Gasteiger partial charge in [0, 0.05) is 16.9 Å². The summed E-state index contributed by atoms with van der Waals surface area (Å²) in [6.45, 7) is 5.23. The number of ether oxygens (including phenoxy) is 1. The highest BCUT2D eigenvalue weighted by molar-refractivity contribution is 7.13. The van der Waals surface area contributed by atoms with Crippen LogP contribution in [0.4, 0.5) is 5.13 Å². The van der Waals surface area contributed by atoms with Crippen LogP contribution >= 0.6 is 11.3 Å². The monoisotopic (exact) mass is 373 g/mol. The zero-order valence-corrected chi connectivity index (χ0v) is 15.4. The third kappa shape index (κ3) is 3.23. The molecule has 1 aliphatic rings. The average Bonchev–Trinajstić information content (AvgIpc) is 2.99. The molecule has 0 radical (unpaired) electrons. The molecule has 1 aliphatic heterocycles. The number of nitrogens with zero attached hydrogens (tertiary/aromatic N) is 2. The number of nitriles is 1. The van der Waals surface area contributed by atoms with E-state index in [4.69, 9.17) is 4.74 Å². The van der Waals surface area contributed by atoms with Crippen LogP contribution in [-0.2, 0) is 4.79 Å². The fraction of sp³-hybridized carbons (Fsp3) is 0.389. The quantitative estimate of drug-likeness (QED) is 0.754. The summed E-state index contributed by atoms with van der Waals surface area (Å²) in [5.41, 5.74) is 0.657. The fourth-order valence-electron chi connectivity index (χ4n) is 3.14. The Bertz CT molecular complexity index is 887. The molecule has 0 fully saturated rings. The summed E-state index contributed by atoms with van der Waals surface area (Å²) in [5, 5.41) is 35.1. The Morgan fingerprint density at radius 2 is 2.23 bits per heavy atom. The summed E-state index contributed by atoms with van der Waals surface area (Å²) in [5.74, 6) is -1.47. The first-order valence-corrected chi connectivity index (χ1v) is 8.93. The number of aliphatic carboxylic acids is 1. The molecule has 3 rings (SSSR count). The molecular formula is C18H19N3O4S. The summed E-state index contributed by atoms with van der Waals surface area (Å²) in [7, 11) is 0. The van der Waals surface area contributed by atoms with Gasteiger partial charge in [-0.1, -0.05) is 0 Å². The zero-order chi connectivity index (χ0) is 19.1. The van der Waals surface area contributed by atoms with Crippen LogP contribution < -0.4 is 10.1 Å². The highest BCUT2D eigenvalue weighted by Gasteiger charge is 2.48. The Kier molecular flexibility index (Phi) is 4.61. The Labute approximate surface area is 154 Å². The zero-order valence-electron chi connectivity index (χ0n) is 14.6. The van der Waals surface area contributed by atoms with Gasteiger partial charge in [0.05, 0.1) is 17.3 Å². The highest BCUT2D eigenvalue weighted by atomic mass is 32.1. The van der Waals surface area contributed by atoms with Crippen molar-refractivity contribution in [3.8, 4) is 11.8 Å². The lowest BCUT2D eigenvalue weighted by molar-refractivity contribution is -0.141. The van der Waals surface area contributed by atoms with E-state index >= 15 is 0 Å². The molecule has 0 amide bonds. The number of aryl methyl sites for hydroxylation is 1. The molecule has 2 heterocycles. The number of aromatic nitrogens is 1. The van der Waals surface area contributed by atoms with Gasteiger partial charge in [-0.25, -0.2) is 9.78 Å². The lowest BCUT2D eigenvalue weighted by atomic mass is 9.77. The smallest absolute Gasteiger partial charge is 0.326 e. The Balaban J connectivity index is 2.09. The third-order valence-electron chi connectivity index (χ3n) is 4.45. The van der Waals surface area contributed by atoms with Crippen molar-refractivity contribution in [2.75, 3.05) is 5.32 Å². The Hall–Kier alpha value is -2.63. The second-order valence-corrected chi connectivity index (χ2v) is 7.65. The molecule has 0 bridgehead atoms. The van der Waals surface area contributed by atoms with Crippen LogP contribution in [0.2, 0.25) is 0 Å². The summed E-state index contributed by atoms with van der Waals surface area (Å²) < 4.78 is 5.85. The lowest BCUT2D eigenvalue weighted by Crippen LogP contribution is -2.54. The number of carboxylic acid groups (broad SMARTS) is 1. The molecule has 0 saturated heterocycles. The first-order chi connectivity index (χ1) is 12.2. The van der Waals surface area contributed by atoms with Gasteiger partial charge >= 0.3 is 5.97 Å². The van der Waals surface area contributed by atoms with Gasteiger partial charge in [-0.05, 0) is 39.0 Å². The van der Waals surface area contributed by atoms with Gasteiger partial charge in [0.2, 0.25) is 0 Å². The number of carboxylic acids is 1. The van der Waals surface area contributed by atoms with Crippen molar-refractivity contribution in [3.63, 3.8) is 0 Å². The van der Waals surface area contributed by atoms with E-state index in [1.807, 2.05) is 18.4 Å². The van der Waals surface area contributed by atoms with Crippen molar-refractivity contribution in [1.82, 2.24) is 4.98 Å². The maximum Gasteiger partial charge on any atom is 0.326 e. The molecule has 2 aromatic rings. The van der Waals surface area contributed by atoms with E-state index in [0.29, 0.717) is 22.0 Å². The summed E-state index contributed by atoms with van der Waals surface area (Å²) >= 11 is 1.30. The van der Waals surface area contributed by atoms with E-state index in [0.717, 1.165) is 5.69 Å². The molecule has 1 aromatic heterocycles. The highest BCUT2D eigenvalue weighted by Crippen LogP contribution is 2.44. The number of fused-ring (bicyclic) bond motifs is 1. The predicted octanol–water partition coefficient (Wildman–Crippen LogP) is 2.50. The molecule has 26 heavy (non-hydrogen) atoms. The molecule has 136 valence electrons. The van der Waals surface area contributed by atoms with E-state index < -0.39 is 29.6 Å². The molecule has 1 unspecified atom stereocenters. The van der Waals surface area contributed by atoms with E-state index in [9.17, 15) is 20.3 Å².